The molecule has 0 saturated heterocycles. The summed E-state index contributed by atoms with van der Waals surface area (Å²) in [7, 11) is 0. The second-order valence-electron chi connectivity index (χ2n) is 5.77. The van der Waals surface area contributed by atoms with Gasteiger partial charge < -0.3 is 4.90 Å². The van der Waals surface area contributed by atoms with Crippen LogP contribution in [0.25, 0.3) is 0 Å². The second kappa shape index (κ2) is 6.54. The van der Waals surface area contributed by atoms with Gasteiger partial charge in [-0.15, -0.1) is 11.8 Å². The average Bonchev–Trinajstić information content (AvgIpc) is 2.65. The van der Waals surface area contributed by atoms with E-state index in [2.05, 4.69) is 24.3 Å². The van der Waals surface area contributed by atoms with Gasteiger partial charge in [0.1, 0.15) is 5.25 Å². The highest BCUT2D eigenvalue weighted by atomic mass is 32.2. The molecule has 3 heteroatoms. The SMILES string of the molecule is O=C1C(Sc2ccccc2)c2ccccc2CN1c1ccccc1. The Balaban J connectivity index is 1.74. The van der Waals surface area contributed by atoms with E-state index in [1.54, 1.807) is 11.8 Å². The summed E-state index contributed by atoms with van der Waals surface area (Å²) in [6.07, 6.45) is 0. The fourth-order valence-electron chi connectivity index (χ4n) is 3.03. The van der Waals surface area contributed by atoms with E-state index in [-0.39, 0.29) is 11.2 Å². The third-order valence-electron chi connectivity index (χ3n) is 4.22. The highest BCUT2D eigenvalue weighted by molar-refractivity contribution is 8.00. The fraction of sp³-hybridized carbons (Fsp3) is 0.0952. The fourth-order valence-corrected chi connectivity index (χ4v) is 4.20. The molecular formula is C21H17NOS. The molecule has 0 fully saturated rings. The van der Waals surface area contributed by atoms with Crippen LogP contribution in [0.2, 0.25) is 0 Å². The molecule has 1 aliphatic heterocycles. The molecule has 3 aromatic carbocycles. The van der Waals surface area contributed by atoms with Crippen LogP contribution in [-0.2, 0) is 11.3 Å². The van der Waals surface area contributed by atoms with Crippen molar-refractivity contribution in [2.45, 2.75) is 16.7 Å². The molecule has 0 aromatic heterocycles. The van der Waals surface area contributed by atoms with Crippen LogP contribution < -0.4 is 4.90 Å². The predicted molar refractivity (Wildman–Crippen MR) is 99.1 cm³/mol. The highest BCUT2D eigenvalue weighted by Crippen LogP contribution is 2.42. The van der Waals surface area contributed by atoms with Crippen molar-refractivity contribution in [3.8, 4) is 0 Å². The van der Waals surface area contributed by atoms with Crippen LogP contribution in [0.4, 0.5) is 5.69 Å². The maximum Gasteiger partial charge on any atom is 0.245 e. The van der Waals surface area contributed by atoms with Gasteiger partial charge in [0.25, 0.3) is 0 Å². The molecule has 0 saturated carbocycles. The number of thioether (sulfide) groups is 1. The van der Waals surface area contributed by atoms with Gasteiger partial charge in [0.05, 0.1) is 6.54 Å². The van der Waals surface area contributed by atoms with E-state index >= 15 is 0 Å². The van der Waals surface area contributed by atoms with Gasteiger partial charge in [-0.3, -0.25) is 4.79 Å². The molecule has 1 aliphatic rings. The Kier molecular flexibility index (Phi) is 4.09. The van der Waals surface area contributed by atoms with Crippen molar-refractivity contribution in [1.82, 2.24) is 0 Å². The number of hydrogen-bond donors (Lipinski definition) is 0. The minimum absolute atomic E-state index is 0.147. The Labute approximate surface area is 146 Å². The molecule has 1 atom stereocenters. The molecule has 24 heavy (non-hydrogen) atoms. The first-order valence-corrected chi connectivity index (χ1v) is 8.87. The number of para-hydroxylation sites is 1. The van der Waals surface area contributed by atoms with Crippen LogP contribution in [0.3, 0.4) is 0 Å². The molecule has 118 valence electrons. The Hall–Kier alpha value is -2.52. The lowest BCUT2D eigenvalue weighted by Crippen LogP contribution is -2.38. The number of fused-ring (bicyclic) bond motifs is 1. The van der Waals surface area contributed by atoms with Crippen molar-refractivity contribution in [1.29, 1.82) is 0 Å². The molecule has 4 rings (SSSR count). The second-order valence-corrected chi connectivity index (χ2v) is 6.95. The smallest absolute Gasteiger partial charge is 0.245 e. The van der Waals surface area contributed by atoms with E-state index in [4.69, 9.17) is 0 Å². The Morgan fingerprint density at radius 2 is 1.42 bits per heavy atom. The summed E-state index contributed by atoms with van der Waals surface area (Å²) in [6.45, 7) is 0.630. The first-order valence-electron chi connectivity index (χ1n) is 7.99. The van der Waals surface area contributed by atoms with Gasteiger partial charge >= 0.3 is 0 Å². The minimum Gasteiger partial charge on any atom is -0.307 e. The van der Waals surface area contributed by atoms with Crippen LogP contribution in [-0.4, -0.2) is 5.91 Å². The number of nitrogens with zero attached hydrogens (tertiary/aromatic N) is 1. The first-order chi connectivity index (χ1) is 11.8. The zero-order valence-corrected chi connectivity index (χ0v) is 13.9. The number of anilines is 1. The van der Waals surface area contributed by atoms with Gasteiger partial charge in [-0.1, -0.05) is 60.7 Å². The molecule has 0 bridgehead atoms. The van der Waals surface area contributed by atoms with Crippen LogP contribution in [0, 0.1) is 0 Å². The number of rotatable bonds is 3. The van der Waals surface area contributed by atoms with E-state index in [0.717, 1.165) is 16.1 Å². The lowest BCUT2D eigenvalue weighted by molar-refractivity contribution is -0.118. The number of hydrogen-bond acceptors (Lipinski definition) is 2. The summed E-state index contributed by atoms with van der Waals surface area (Å²) < 4.78 is 0. The molecule has 0 aliphatic carbocycles. The van der Waals surface area contributed by atoms with Crippen LogP contribution in [0.15, 0.2) is 89.8 Å². The van der Waals surface area contributed by atoms with Crippen molar-refractivity contribution in [2.24, 2.45) is 0 Å². The molecule has 2 nitrogen and oxygen atoms in total. The summed E-state index contributed by atoms with van der Waals surface area (Å²) in [4.78, 5) is 16.2. The van der Waals surface area contributed by atoms with E-state index in [9.17, 15) is 4.79 Å². The van der Waals surface area contributed by atoms with Crippen molar-refractivity contribution < 1.29 is 4.79 Å². The van der Waals surface area contributed by atoms with Gasteiger partial charge in [-0.05, 0) is 35.4 Å². The van der Waals surface area contributed by atoms with Crippen molar-refractivity contribution in [3.63, 3.8) is 0 Å². The van der Waals surface area contributed by atoms with Gasteiger partial charge in [0.2, 0.25) is 5.91 Å². The summed E-state index contributed by atoms with van der Waals surface area (Å²) >= 11 is 1.62. The maximum absolute atomic E-state index is 13.2. The van der Waals surface area contributed by atoms with Gasteiger partial charge in [-0.2, -0.15) is 0 Å². The molecule has 0 spiro atoms. The lowest BCUT2D eigenvalue weighted by atomic mass is 9.98. The standard InChI is InChI=1S/C21H17NOS/c23-21-20(24-18-12-5-2-6-13-18)19-14-8-7-9-16(19)15-22(21)17-10-3-1-4-11-17/h1-14,20H,15H2. The Bertz CT molecular complexity index is 848. The minimum atomic E-state index is -0.211. The highest BCUT2D eigenvalue weighted by Gasteiger charge is 2.34. The topological polar surface area (TPSA) is 20.3 Å². The summed E-state index contributed by atoms with van der Waals surface area (Å²) in [5.74, 6) is 0.147. The van der Waals surface area contributed by atoms with Crippen LogP contribution >= 0.6 is 11.8 Å². The maximum atomic E-state index is 13.2. The quantitative estimate of drug-likeness (QED) is 0.668. The summed E-state index contributed by atoms with van der Waals surface area (Å²) in [5, 5.41) is -0.211. The lowest BCUT2D eigenvalue weighted by Gasteiger charge is -2.34. The molecule has 1 amide bonds. The molecular weight excluding hydrogens is 314 g/mol. The monoisotopic (exact) mass is 331 g/mol. The van der Waals surface area contributed by atoms with E-state index in [1.807, 2.05) is 65.6 Å². The van der Waals surface area contributed by atoms with Gasteiger partial charge in [0, 0.05) is 10.6 Å². The molecule has 0 N–H and O–H groups in total. The summed E-state index contributed by atoms with van der Waals surface area (Å²) in [5.41, 5.74) is 3.30. The van der Waals surface area contributed by atoms with Gasteiger partial charge in [0.15, 0.2) is 0 Å². The van der Waals surface area contributed by atoms with Crippen molar-refractivity contribution in [2.75, 3.05) is 4.90 Å². The third-order valence-corrected chi connectivity index (χ3v) is 5.46. The number of carbonyl (C=O) groups is 1. The van der Waals surface area contributed by atoms with E-state index in [1.165, 1.54) is 5.56 Å². The largest absolute Gasteiger partial charge is 0.307 e. The third kappa shape index (κ3) is 2.83. The normalized spacial score (nSPS) is 16.8. The van der Waals surface area contributed by atoms with Crippen LogP contribution in [0.5, 0.6) is 0 Å². The zero-order chi connectivity index (χ0) is 16.4. The first kappa shape index (κ1) is 15.0. The van der Waals surface area contributed by atoms with E-state index < -0.39 is 0 Å². The molecule has 1 unspecified atom stereocenters. The zero-order valence-electron chi connectivity index (χ0n) is 13.1. The molecule has 0 radical (unpaired) electrons. The Morgan fingerprint density at radius 1 is 0.792 bits per heavy atom. The van der Waals surface area contributed by atoms with Crippen LogP contribution in [0.1, 0.15) is 16.4 Å². The average molecular weight is 331 g/mol. The van der Waals surface area contributed by atoms with Gasteiger partial charge in [-0.25, -0.2) is 0 Å². The molecule has 3 aromatic rings. The number of amides is 1. The van der Waals surface area contributed by atoms with Crippen molar-refractivity contribution >= 4 is 23.4 Å². The van der Waals surface area contributed by atoms with E-state index in [0.29, 0.717) is 6.54 Å². The molecule has 1 heterocycles. The number of benzene rings is 3. The number of carbonyl (C=O) groups excluding carboxylic acids is 1. The summed E-state index contributed by atoms with van der Waals surface area (Å²) in [6, 6.07) is 28.3. The van der Waals surface area contributed by atoms with Crippen molar-refractivity contribution in [3.05, 3.63) is 96.1 Å². The predicted octanol–water partition coefficient (Wildman–Crippen LogP) is 5.07. The Morgan fingerprint density at radius 3 is 2.17 bits per heavy atom.